The van der Waals surface area contributed by atoms with Gasteiger partial charge in [0.1, 0.15) is 17.4 Å². The number of fused-ring (bicyclic) bond motifs is 4. The standard InChI is InChI=1S/C39H59NO5/c1-24(2)7-6-8-25(3)30-14-15-31-29-22-34-39(45-34)23-27(17-20-38(39,5)32(29)18-19-37(30,31)4)11-16-35(42)40-33(36(43)44)21-26-9-12-28(41)13-10-26/h9-10,12-13,24-25,27,29-34,41H,6-8,11,14-23H2,1-5H3,(H,40,42)(H,43,44)/t25-,27+,29+,30-,31+,32+,33+,34+,37-,38-,39?/m1/s1. The minimum absolute atomic E-state index is 0.00802. The van der Waals surface area contributed by atoms with Crippen LogP contribution in [-0.2, 0) is 20.7 Å². The van der Waals surface area contributed by atoms with Crippen LogP contribution in [0.4, 0.5) is 0 Å². The predicted molar refractivity (Wildman–Crippen MR) is 177 cm³/mol. The summed E-state index contributed by atoms with van der Waals surface area (Å²) < 4.78 is 6.81. The summed E-state index contributed by atoms with van der Waals surface area (Å²) in [5.41, 5.74) is 1.49. The van der Waals surface area contributed by atoms with Crippen molar-refractivity contribution in [2.24, 2.45) is 52.3 Å². The van der Waals surface area contributed by atoms with Gasteiger partial charge in [0.2, 0.25) is 5.91 Å². The molecule has 1 heterocycles. The fourth-order valence-corrected chi connectivity index (χ4v) is 11.7. The number of aromatic hydroxyl groups is 1. The average molecular weight is 622 g/mol. The summed E-state index contributed by atoms with van der Waals surface area (Å²) >= 11 is 0. The number of phenols is 1. The summed E-state index contributed by atoms with van der Waals surface area (Å²) in [6.07, 6.45) is 16.0. The Hall–Kier alpha value is -2.08. The highest BCUT2D eigenvalue weighted by atomic mass is 16.6. The fraction of sp³-hybridized carbons (Fsp3) is 0.795. The maximum atomic E-state index is 12.9. The van der Waals surface area contributed by atoms with Crippen LogP contribution in [0.2, 0.25) is 0 Å². The number of carbonyl (C=O) groups excluding carboxylic acids is 1. The first-order chi connectivity index (χ1) is 21.4. The van der Waals surface area contributed by atoms with Crippen molar-refractivity contribution in [2.75, 3.05) is 0 Å². The van der Waals surface area contributed by atoms with Crippen molar-refractivity contribution < 1.29 is 24.5 Å². The number of phenolic OH excluding ortho intramolecular Hbond substituents is 1. The lowest BCUT2D eigenvalue weighted by Crippen LogP contribution is -2.58. The number of aliphatic carboxylic acids is 1. The molecule has 1 spiro atoms. The van der Waals surface area contributed by atoms with E-state index in [-0.39, 0.29) is 29.1 Å². The van der Waals surface area contributed by atoms with Gasteiger partial charge in [-0.3, -0.25) is 4.79 Å². The molecule has 0 bridgehead atoms. The summed E-state index contributed by atoms with van der Waals surface area (Å²) in [6, 6.07) is 5.50. The lowest BCUT2D eigenvalue weighted by molar-refractivity contribution is -0.141. The number of carbonyl (C=O) groups is 2. The van der Waals surface area contributed by atoms with Crippen molar-refractivity contribution >= 4 is 11.9 Å². The quantitative estimate of drug-likeness (QED) is 0.205. The zero-order chi connectivity index (χ0) is 32.1. The SMILES string of the molecule is CC(C)CCC[C@@H](C)[C@H]1CC[C@H]2[C@@H]3C[C@@H]4OC45C[C@@H](CCC(=O)N[C@@H](Cc4ccc(O)cc4)C(=O)O)CC[C@]5(C)[C@H]3CC[C@]12C. The molecule has 4 aliphatic carbocycles. The first-order valence-electron chi connectivity index (χ1n) is 18.3. The fourth-order valence-electron chi connectivity index (χ4n) is 11.7. The van der Waals surface area contributed by atoms with Crippen LogP contribution in [0.1, 0.15) is 124 Å². The number of hydrogen-bond acceptors (Lipinski definition) is 4. The van der Waals surface area contributed by atoms with Crippen molar-refractivity contribution in [1.29, 1.82) is 0 Å². The molecule has 1 aliphatic heterocycles. The predicted octanol–water partition coefficient (Wildman–Crippen LogP) is 8.15. The van der Waals surface area contributed by atoms with Gasteiger partial charge < -0.3 is 20.3 Å². The van der Waals surface area contributed by atoms with Crippen LogP contribution >= 0.6 is 0 Å². The summed E-state index contributed by atoms with van der Waals surface area (Å²) in [5, 5.41) is 22.0. The molecule has 6 heteroatoms. The maximum Gasteiger partial charge on any atom is 0.326 e. The lowest BCUT2D eigenvalue weighted by atomic mass is 9.43. The molecule has 4 saturated carbocycles. The number of nitrogens with one attached hydrogen (secondary N) is 1. The molecule has 0 aromatic heterocycles. The van der Waals surface area contributed by atoms with Crippen LogP contribution in [0.15, 0.2) is 24.3 Å². The monoisotopic (exact) mass is 621 g/mol. The molecule has 6 rings (SSSR count). The van der Waals surface area contributed by atoms with Gasteiger partial charge in [0.05, 0.1) is 6.10 Å². The molecule has 1 saturated heterocycles. The third-order valence-electron chi connectivity index (χ3n) is 14.2. The normalized spacial score (nSPS) is 39.6. The van der Waals surface area contributed by atoms with Gasteiger partial charge in [0, 0.05) is 18.3 Å². The zero-order valence-electron chi connectivity index (χ0n) is 28.5. The van der Waals surface area contributed by atoms with Gasteiger partial charge in [0.25, 0.3) is 0 Å². The number of hydrogen-bond donors (Lipinski definition) is 3. The summed E-state index contributed by atoms with van der Waals surface area (Å²) in [4.78, 5) is 24.8. The number of ether oxygens (including phenoxy) is 1. The Bertz CT molecular complexity index is 1230. The van der Waals surface area contributed by atoms with E-state index in [9.17, 15) is 19.8 Å². The van der Waals surface area contributed by atoms with E-state index in [0.29, 0.717) is 23.9 Å². The highest BCUT2D eigenvalue weighted by molar-refractivity contribution is 5.83. The van der Waals surface area contributed by atoms with Crippen LogP contribution in [-0.4, -0.2) is 39.8 Å². The van der Waals surface area contributed by atoms with E-state index in [1.165, 1.54) is 57.8 Å². The van der Waals surface area contributed by atoms with Crippen LogP contribution in [0.5, 0.6) is 5.75 Å². The largest absolute Gasteiger partial charge is 0.508 e. The maximum absolute atomic E-state index is 12.9. The molecule has 5 aliphatic rings. The lowest BCUT2D eigenvalue weighted by Gasteiger charge is -2.60. The van der Waals surface area contributed by atoms with Gasteiger partial charge in [0.15, 0.2) is 0 Å². The molecule has 5 fully saturated rings. The molecule has 6 nitrogen and oxygen atoms in total. The molecule has 0 radical (unpaired) electrons. The second-order valence-corrected chi connectivity index (χ2v) is 17.0. The van der Waals surface area contributed by atoms with E-state index in [2.05, 4.69) is 39.9 Å². The van der Waals surface area contributed by atoms with Crippen LogP contribution < -0.4 is 5.32 Å². The van der Waals surface area contributed by atoms with E-state index in [4.69, 9.17) is 4.74 Å². The van der Waals surface area contributed by atoms with E-state index in [1.54, 1.807) is 24.3 Å². The number of benzene rings is 1. The van der Waals surface area contributed by atoms with Crippen molar-refractivity contribution in [1.82, 2.24) is 5.32 Å². The number of carboxylic acids is 1. The molecule has 1 amide bonds. The average Bonchev–Trinajstić information content (AvgIpc) is 3.57. The van der Waals surface area contributed by atoms with Gasteiger partial charge in [-0.1, -0.05) is 66.0 Å². The zero-order valence-corrected chi connectivity index (χ0v) is 28.5. The Morgan fingerprint density at radius 3 is 2.47 bits per heavy atom. The second kappa shape index (κ2) is 12.5. The smallest absolute Gasteiger partial charge is 0.326 e. The highest BCUT2D eigenvalue weighted by Crippen LogP contribution is 2.75. The molecule has 250 valence electrons. The van der Waals surface area contributed by atoms with Crippen molar-refractivity contribution in [3.63, 3.8) is 0 Å². The summed E-state index contributed by atoms with van der Waals surface area (Å²) in [5.74, 6) is 4.27. The number of amides is 1. The molecule has 1 unspecified atom stereocenters. The van der Waals surface area contributed by atoms with Gasteiger partial charge >= 0.3 is 5.97 Å². The molecule has 11 atom stereocenters. The topological polar surface area (TPSA) is 99.2 Å². The third kappa shape index (κ3) is 6.07. The summed E-state index contributed by atoms with van der Waals surface area (Å²) in [7, 11) is 0. The first-order valence-corrected chi connectivity index (χ1v) is 18.3. The van der Waals surface area contributed by atoms with Gasteiger partial charge in [-0.05, 0) is 122 Å². The molecular weight excluding hydrogens is 562 g/mol. The Morgan fingerprint density at radius 1 is 1.00 bits per heavy atom. The Kier molecular flexibility index (Phi) is 9.13. The van der Waals surface area contributed by atoms with E-state index in [0.717, 1.165) is 60.3 Å². The van der Waals surface area contributed by atoms with Crippen molar-refractivity contribution in [3.05, 3.63) is 29.8 Å². The van der Waals surface area contributed by atoms with Crippen LogP contribution in [0.25, 0.3) is 0 Å². The molecular formula is C39H59NO5. The van der Waals surface area contributed by atoms with E-state index in [1.807, 2.05) is 0 Å². The molecule has 1 aromatic carbocycles. The van der Waals surface area contributed by atoms with Gasteiger partial charge in [-0.2, -0.15) is 0 Å². The Morgan fingerprint density at radius 2 is 1.76 bits per heavy atom. The Balaban J connectivity index is 1.04. The van der Waals surface area contributed by atoms with Gasteiger partial charge in [-0.25, -0.2) is 4.79 Å². The summed E-state index contributed by atoms with van der Waals surface area (Å²) in [6.45, 7) is 12.5. The van der Waals surface area contributed by atoms with Gasteiger partial charge in [-0.15, -0.1) is 0 Å². The van der Waals surface area contributed by atoms with Crippen LogP contribution in [0.3, 0.4) is 0 Å². The van der Waals surface area contributed by atoms with E-state index < -0.39 is 12.0 Å². The van der Waals surface area contributed by atoms with Crippen LogP contribution in [0, 0.1) is 52.3 Å². The second-order valence-electron chi connectivity index (χ2n) is 17.0. The van der Waals surface area contributed by atoms with Crippen molar-refractivity contribution in [2.45, 2.75) is 142 Å². The molecule has 45 heavy (non-hydrogen) atoms. The van der Waals surface area contributed by atoms with E-state index >= 15 is 0 Å². The molecule has 3 N–H and O–H groups in total. The first kappa shape index (κ1) is 32.8. The third-order valence-corrected chi connectivity index (χ3v) is 14.2. The number of rotatable bonds is 12. The minimum Gasteiger partial charge on any atom is -0.508 e. The molecule has 1 aromatic rings. The Labute approximate surface area is 271 Å². The highest BCUT2D eigenvalue weighted by Gasteiger charge is 2.75. The number of epoxide rings is 1. The minimum atomic E-state index is -1.03. The van der Waals surface area contributed by atoms with Crippen molar-refractivity contribution in [3.8, 4) is 5.75 Å². The number of carboxylic acid groups (broad SMARTS) is 1.